The van der Waals surface area contributed by atoms with Crippen molar-refractivity contribution in [3.8, 4) is 5.75 Å². The number of amides is 1. The molecule has 1 aliphatic heterocycles. The van der Waals surface area contributed by atoms with E-state index in [1.807, 2.05) is 0 Å². The highest BCUT2D eigenvalue weighted by molar-refractivity contribution is 7.90. The van der Waals surface area contributed by atoms with Gasteiger partial charge in [-0.15, -0.1) is 0 Å². The van der Waals surface area contributed by atoms with Crippen LogP contribution in [-0.2, 0) is 20.4 Å². The van der Waals surface area contributed by atoms with Crippen molar-refractivity contribution in [2.45, 2.75) is 11.8 Å². The summed E-state index contributed by atoms with van der Waals surface area (Å²) < 4.78 is 30.4. The second-order valence-electron chi connectivity index (χ2n) is 6.01. The van der Waals surface area contributed by atoms with E-state index in [-0.39, 0.29) is 24.6 Å². The van der Waals surface area contributed by atoms with Gasteiger partial charge >= 0.3 is 0 Å². The minimum absolute atomic E-state index is 0.0412. The van der Waals surface area contributed by atoms with Gasteiger partial charge < -0.3 is 4.74 Å². The van der Waals surface area contributed by atoms with Crippen molar-refractivity contribution in [2.24, 2.45) is 0 Å². The molecule has 0 saturated carbocycles. The third-order valence-corrected chi connectivity index (χ3v) is 5.71. The fourth-order valence-electron chi connectivity index (χ4n) is 2.86. The van der Waals surface area contributed by atoms with Crippen molar-refractivity contribution >= 4 is 22.0 Å². The smallest absolute Gasteiger partial charge is 0.233 e. The van der Waals surface area contributed by atoms with Gasteiger partial charge in [0.05, 0.1) is 23.1 Å². The van der Waals surface area contributed by atoms with Crippen molar-refractivity contribution < 1.29 is 28.0 Å². The molecule has 0 aromatic heterocycles. The van der Waals surface area contributed by atoms with Gasteiger partial charge in [0.25, 0.3) is 0 Å². The Hall–Kier alpha value is -2.71. The summed E-state index contributed by atoms with van der Waals surface area (Å²) in [6.45, 7) is -0.0412. The van der Waals surface area contributed by atoms with E-state index in [0.29, 0.717) is 27.5 Å². The van der Waals surface area contributed by atoms with Crippen LogP contribution in [0.1, 0.15) is 27.5 Å². The number of rotatable bonds is 7. The van der Waals surface area contributed by atoms with E-state index in [1.54, 1.807) is 42.5 Å². The molecule has 0 radical (unpaired) electrons. The lowest BCUT2D eigenvalue weighted by Crippen LogP contribution is -2.30. The highest BCUT2D eigenvalue weighted by Gasteiger charge is 2.27. The van der Waals surface area contributed by atoms with E-state index in [0.717, 1.165) is 0 Å². The molecule has 0 saturated heterocycles. The van der Waals surface area contributed by atoms with Gasteiger partial charge in [-0.1, -0.05) is 36.4 Å². The Morgan fingerprint density at radius 2 is 1.92 bits per heavy atom. The average molecular weight is 375 g/mol. The Kier molecular flexibility index (Phi) is 5.06. The maximum Gasteiger partial charge on any atom is 0.233 e. The summed E-state index contributed by atoms with van der Waals surface area (Å²) in [6, 6.07) is 12.1. The number of fused-ring (bicyclic) bond motifs is 1. The van der Waals surface area contributed by atoms with Crippen molar-refractivity contribution in [2.75, 3.05) is 12.4 Å². The molecule has 7 nitrogen and oxygen atoms in total. The largest absolute Gasteiger partial charge is 0.485 e. The van der Waals surface area contributed by atoms with Gasteiger partial charge in [-0.3, -0.25) is 14.8 Å². The maximum absolute atomic E-state index is 12.6. The molecule has 8 heteroatoms. The van der Waals surface area contributed by atoms with Gasteiger partial charge in [-0.05, 0) is 23.3 Å². The molecule has 2 aromatic rings. The third-order valence-electron chi connectivity index (χ3n) is 4.11. The second kappa shape index (κ2) is 7.27. The van der Waals surface area contributed by atoms with E-state index in [9.17, 15) is 23.2 Å². The van der Waals surface area contributed by atoms with Gasteiger partial charge in [-0.2, -0.15) is 0 Å². The molecule has 1 heterocycles. The number of carbonyl (C=O) groups excluding carboxylic acids is 2. The molecule has 1 atom stereocenters. The highest BCUT2D eigenvalue weighted by Crippen LogP contribution is 2.27. The van der Waals surface area contributed by atoms with E-state index in [4.69, 9.17) is 4.74 Å². The van der Waals surface area contributed by atoms with Gasteiger partial charge in [0.1, 0.15) is 5.75 Å². The van der Waals surface area contributed by atoms with Gasteiger partial charge in [0.15, 0.2) is 16.4 Å². The molecular formula is C18H17NO6S. The molecule has 26 heavy (non-hydrogen) atoms. The van der Waals surface area contributed by atoms with E-state index >= 15 is 0 Å². The van der Waals surface area contributed by atoms with E-state index < -0.39 is 21.6 Å². The Balaban J connectivity index is 1.82. The number of hydroxylamine groups is 2. The number of ether oxygens (including phenoxy) is 1. The molecule has 0 unspecified atom stereocenters. The summed E-state index contributed by atoms with van der Waals surface area (Å²) in [4.78, 5) is 22.7. The monoisotopic (exact) mass is 375 g/mol. The summed E-state index contributed by atoms with van der Waals surface area (Å²) in [6.07, 6.45) is 0.179. The number of sulfone groups is 1. The second-order valence-corrected chi connectivity index (χ2v) is 8.12. The van der Waals surface area contributed by atoms with Crippen LogP contribution >= 0.6 is 0 Å². The zero-order valence-corrected chi connectivity index (χ0v) is 14.6. The zero-order valence-electron chi connectivity index (χ0n) is 13.7. The normalized spacial score (nSPS) is 14.4. The topological polar surface area (TPSA) is 101 Å². The van der Waals surface area contributed by atoms with Crippen molar-refractivity contribution in [1.82, 2.24) is 5.06 Å². The standard InChI is InChI=1S/C18H17NO6S/c20-12-19(22)16(14-4-2-1-3-5-14)11-26(23,24)10-13-6-7-18-15(8-13)17(21)9-25-18/h1-8,12,16,22H,9-11H2/t16-/m1/s1. The SMILES string of the molecule is O=CN(O)[C@H](CS(=O)(=O)Cc1ccc2c(c1)C(=O)CO2)c1ccccc1. The zero-order chi connectivity index (χ0) is 18.7. The lowest BCUT2D eigenvalue weighted by Gasteiger charge is -2.22. The molecule has 0 bridgehead atoms. The maximum atomic E-state index is 12.6. The number of hydrogen-bond donors (Lipinski definition) is 1. The molecule has 0 spiro atoms. The predicted molar refractivity (Wildman–Crippen MR) is 92.6 cm³/mol. The summed E-state index contributed by atoms with van der Waals surface area (Å²) in [5.41, 5.74) is 1.32. The van der Waals surface area contributed by atoms with Crippen LogP contribution in [0.5, 0.6) is 5.75 Å². The molecule has 136 valence electrons. The first-order valence-electron chi connectivity index (χ1n) is 7.86. The molecule has 1 amide bonds. The summed E-state index contributed by atoms with van der Waals surface area (Å²) in [7, 11) is -3.68. The van der Waals surface area contributed by atoms with Crippen molar-refractivity contribution in [3.05, 3.63) is 65.2 Å². The Labute approximate surface area is 150 Å². The van der Waals surface area contributed by atoms with Crippen LogP contribution in [0.15, 0.2) is 48.5 Å². The predicted octanol–water partition coefficient (Wildman–Crippen LogP) is 1.77. The van der Waals surface area contributed by atoms with E-state index in [1.165, 1.54) is 6.07 Å². The molecule has 0 fully saturated rings. The van der Waals surface area contributed by atoms with Crippen LogP contribution in [-0.4, -0.2) is 43.2 Å². The van der Waals surface area contributed by atoms with Gasteiger partial charge in [-0.25, -0.2) is 13.5 Å². The van der Waals surface area contributed by atoms with E-state index in [2.05, 4.69) is 0 Å². The average Bonchev–Trinajstić information content (AvgIpc) is 3.00. The van der Waals surface area contributed by atoms with Crippen LogP contribution in [0.25, 0.3) is 0 Å². The Morgan fingerprint density at radius 3 is 2.62 bits per heavy atom. The molecule has 1 N–H and O–H groups in total. The first-order chi connectivity index (χ1) is 12.4. The Bertz CT molecular complexity index is 926. The van der Waals surface area contributed by atoms with Gasteiger partial charge in [0.2, 0.25) is 12.2 Å². The fourth-order valence-corrected chi connectivity index (χ4v) is 4.49. The van der Waals surface area contributed by atoms with Crippen LogP contribution in [0.4, 0.5) is 0 Å². The first kappa shape index (κ1) is 18.1. The number of carbonyl (C=O) groups is 2. The summed E-state index contributed by atoms with van der Waals surface area (Å²) in [5.74, 6) is -0.512. The minimum atomic E-state index is -3.68. The van der Waals surface area contributed by atoms with Crippen molar-refractivity contribution in [3.63, 3.8) is 0 Å². The highest BCUT2D eigenvalue weighted by atomic mass is 32.2. The lowest BCUT2D eigenvalue weighted by molar-refractivity contribution is -0.158. The summed E-state index contributed by atoms with van der Waals surface area (Å²) >= 11 is 0. The number of benzene rings is 2. The lowest BCUT2D eigenvalue weighted by atomic mass is 10.1. The quantitative estimate of drug-likeness (QED) is 0.450. The first-order valence-corrected chi connectivity index (χ1v) is 9.68. The summed E-state index contributed by atoms with van der Waals surface area (Å²) in [5, 5.41) is 10.2. The van der Waals surface area contributed by atoms with Crippen LogP contribution < -0.4 is 4.74 Å². The van der Waals surface area contributed by atoms with Crippen LogP contribution in [0.2, 0.25) is 0 Å². The van der Waals surface area contributed by atoms with Crippen LogP contribution in [0.3, 0.4) is 0 Å². The number of Topliss-reactive ketones (excluding diaryl/α,β-unsaturated/α-hetero) is 1. The molecular weight excluding hydrogens is 358 g/mol. The number of ketones is 1. The molecule has 0 aliphatic carbocycles. The number of hydrogen-bond acceptors (Lipinski definition) is 6. The molecule has 3 rings (SSSR count). The third kappa shape index (κ3) is 3.92. The fraction of sp³-hybridized carbons (Fsp3) is 0.222. The van der Waals surface area contributed by atoms with Gasteiger partial charge in [0, 0.05) is 0 Å². The Morgan fingerprint density at radius 1 is 1.19 bits per heavy atom. The van der Waals surface area contributed by atoms with Crippen molar-refractivity contribution in [1.29, 1.82) is 0 Å². The van der Waals surface area contributed by atoms with Crippen LogP contribution in [0, 0.1) is 0 Å². The number of nitrogens with zero attached hydrogens (tertiary/aromatic N) is 1. The molecule has 1 aliphatic rings. The molecule has 2 aromatic carbocycles. The minimum Gasteiger partial charge on any atom is -0.485 e.